The van der Waals surface area contributed by atoms with Gasteiger partial charge in [-0.15, -0.1) is 0 Å². The zero-order valence-corrected chi connectivity index (χ0v) is 25.6. The molecule has 0 bridgehead atoms. The van der Waals surface area contributed by atoms with Crippen LogP contribution in [0.2, 0.25) is 0 Å². The zero-order chi connectivity index (χ0) is 44.5. The van der Waals surface area contributed by atoms with Crippen LogP contribution >= 0.6 is 0 Å². The van der Waals surface area contributed by atoms with Gasteiger partial charge in [0.05, 0.1) is 19.2 Å². The highest BCUT2D eigenvalue weighted by molar-refractivity contribution is 6.22. The topological polar surface area (TPSA) is 13.1 Å². The van der Waals surface area contributed by atoms with Gasteiger partial charge in [-0.25, -0.2) is 0 Å². The van der Waals surface area contributed by atoms with Gasteiger partial charge in [0.15, 0.2) is 0 Å². The Labute approximate surface area is 304 Å². The molecule has 49 heavy (non-hydrogen) atoms. The van der Waals surface area contributed by atoms with Crippen LogP contribution in [0.4, 0.5) is 0 Å². The minimum absolute atomic E-state index is 0.0449. The van der Waals surface area contributed by atoms with E-state index in [1.165, 1.54) is 0 Å². The van der Waals surface area contributed by atoms with Gasteiger partial charge in [0.2, 0.25) is 0 Å². The van der Waals surface area contributed by atoms with Crippen molar-refractivity contribution in [2.24, 2.45) is 0 Å². The molecule has 10 rings (SSSR count). The molecule has 0 N–H and O–H groups in total. The molecular weight excluding hydrogens is 593 g/mol. The summed E-state index contributed by atoms with van der Waals surface area (Å²) in [6.45, 7) is 0. The van der Waals surface area contributed by atoms with Crippen LogP contribution in [-0.2, 0) is 0 Å². The van der Waals surface area contributed by atoms with Crippen molar-refractivity contribution in [2.75, 3.05) is 0 Å². The van der Waals surface area contributed by atoms with Crippen molar-refractivity contribution in [1.82, 2.24) is 0 Å². The third-order valence-corrected chi connectivity index (χ3v) is 9.03. The fourth-order valence-corrected chi connectivity index (χ4v) is 6.90. The van der Waals surface area contributed by atoms with Crippen molar-refractivity contribution < 1.29 is 23.6 Å². The summed E-state index contributed by atoms with van der Waals surface area (Å²) < 4.78 is 130. The highest BCUT2D eigenvalue weighted by Crippen LogP contribution is 2.46. The molecule has 0 spiro atoms. The van der Waals surface area contributed by atoms with Crippen LogP contribution in [0.1, 0.15) is 19.2 Å². The molecule has 228 valence electrons. The van der Waals surface area contributed by atoms with Gasteiger partial charge in [-0.3, -0.25) is 0 Å². The van der Waals surface area contributed by atoms with E-state index < -0.39 is 54.4 Å². The van der Waals surface area contributed by atoms with Gasteiger partial charge < -0.3 is 4.42 Å². The molecule has 0 amide bonds. The third kappa shape index (κ3) is 4.40. The minimum atomic E-state index is -0.575. The first kappa shape index (κ1) is 17.1. The molecule has 0 aliphatic heterocycles. The fraction of sp³-hybridized carbons (Fsp3) is 0. The number of furan rings is 1. The van der Waals surface area contributed by atoms with Crippen LogP contribution in [-0.4, -0.2) is 0 Å². The molecule has 10 aromatic rings. The van der Waals surface area contributed by atoms with Crippen LogP contribution in [0.15, 0.2) is 186 Å². The number of hydrogen-bond donors (Lipinski definition) is 0. The van der Waals surface area contributed by atoms with Crippen molar-refractivity contribution in [3.63, 3.8) is 0 Å². The first-order valence-corrected chi connectivity index (χ1v) is 15.7. The van der Waals surface area contributed by atoms with E-state index in [1.54, 1.807) is 0 Å². The Morgan fingerprint density at radius 1 is 0.388 bits per heavy atom. The van der Waals surface area contributed by atoms with Crippen molar-refractivity contribution in [3.8, 4) is 44.5 Å². The predicted molar refractivity (Wildman–Crippen MR) is 208 cm³/mol. The molecular formula is C48H30O. The van der Waals surface area contributed by atoms with Crippen molar-refractivity contribution in [3.05, 3.63) is 182 Å². The first-order valence-electron chi connectivity index (χ1n) is 22.7. The summed E-state index contributed by atoms with van der Waals surface area (Å²) >= 11 is 0. The van der Waals surface area contributed by atoms with E-state index in [4.69, 9.17) is 19.5 Å². The molecule has 1 heterocycles. The monoisotopic (exact) mass is 636 g/mol. The molecule has 0 aliphatic carbocycles. The summed E-state index contributed by atoms with van der Waals surface area (Å²) in [4.78, 5) is 0. The van der Waals surface area contributed by atoms with E-state index in [2.05, 4.69) is 0 Å². The second-order valence-electron chi connectivity index (χ2n) is 11.7. The first-order chi connectivity index (χ1) is 30.1. The normalized spacial score (nSPS) is 15.7. The van der Waals surface area contributed by atoms with Gasteiger partial charge in [-0.1, -0.05) is 157 Å². The maximum Gasteiger partial charge on any atom is 0.143 e. The lowest BCUT2D eigenvalue weighted by molar-refractivity contribution is 0.673. The van der Waals surface area contributed by atoms with E-state index in [0.717, 1.165) is 11.1 Å². The quantitative estimate of drug-likeness (QED) is 0.175. The molecule has 0 radical (unpaired) electrons. The fourth-order valence-electron chi connectivity index (χ4n) is 6.90. The zero-order valence-electron chi connectivity index (χ0n) is 39.6. The van der Waals surface area contributed by atoms with E-state index in [0.29, 0.717) is 43.8 Å². The Morgan fingerprint density at radius 3 is 1.76 bits per heavy atom. The van der Waals surface area contributed by atoms with Crippen LogP contribution < -0.4 is 0 Å². The Bertz CT molecular complexity index is 3590. The Kier molecular flexibility index (Phi) is 3.87. The molecule has 1 heteroatoms. The second kappa shape index (κ2) is 11.1. The molecule has 9 aromatic carbocycles. The smallest absolute Gasteiger partial charge is 0.143 e. The average Bonchev–Trinajstić information content (AvgIpc) is 3.70. The van der Waals surface area contributed by atoms with Gasteiger partial charge in [0, 0.05) is 16.2 Å². The van der Waals surface area contributed by atoms with E-state index in [-0.39, 0.29) is 74.0 Å². The molecule has 0 fully saturated rings. The minimum Gasteiger partial charge on any atom is -0.455 e. The van der Waals surface area contributed by atoms with Crippen LogP contribution in [0.3, 0.4) is 0 Å². The molecule has 1 nitrogen and oxygen atoms in total. The summed E-state index contributed by atoms with van der Waals surface area (Å²) in [5.74, 6) is 0. The lowest BCUT2D eigenvalue weighted by atomic mass is 9.84. The highest BCUT2D eigenvalue weighted by Gasteiger charge is 2.19. The van der Waals surface area contributed by atoms with Crippen molar-refractivity contribution >= 4 is 54.3 Å². The van der Waals surface area contributed by atoms with E-state index >= 15 is 0 Å². The lowest BCUT2D eigenvalue weighted by Gasteiger charge is -2.19. The molecule has 0 saturated carbocycles. The van der Waals surface area contributed by atoms with Gasteiger partial charge in [-0.2, -0.15) is 0 Å². The molecule has 0 saturated heterocycles. The largest absolute Gasteiger partial charge is 0.455 e. The average molecular weight is 637 g/mol. The summed E-state index contributed by atoms with van der Waals surface area (Å²) in [5, 5.41) is 2.04. The second-order valence-corrected chi connectivity index (χ2v) is 11.7. The number of benzene rings is 9. The molecule has 0 unspecified atom stereocenters. The number of rotatable bonds is 4. The van der Waals surface area contributed by atoms with Gasteiger partial charge in [0.25, 0.3) is 0 Å². The summed E-state index contributed by atoms with van der Waals surface area (Å²) in [7, 11) is 0. The Morgan fingerprint density at radius 2 is 1.02 bits per heavy atom. The maximum absolute atomic E-state index is 9.70. The highest BCUT2D eigenvalue weighted by atomic mass is 16.3. The maximum atomic E-state index is 9.70. The summed E-state index contributed by atoms with van der Waals surface area (Å²) in [6.07, 6.45) is 0. The molecule has 1 aromatic heterocycles. The van der Waals surface area contributed by atoms with Gasteiger partial charge in [0.1, 0.15) is 11.2 Å². The Balaban J connectivity index is 1.31. The van der Waals surface area contributed by atoms with Crippen molar-refractivity contribution in [1.29, 1.82) is 0 Å². The summed E-state index contributed by atoms with van der Waals surface area (Å²) in [6, 6.07) is 23.6. The van der Waals surface area contributed by atoms with Gasteiger partial charge >= 0.3 is 0 Å². The van der Waals surface area contributed by atoms with E-state index in [1.807, 2.05) is 97.1 Å². The molecule has 0 aliphatic rings. The number of hydrogen-bond acceptors (Lipinski definition) is 1. The third-order valence-electron chi connectivity index (χ3n) is 9.03. The standard InChI is InChI=1S/C48H30O/c1-3-13-31(14-4-1)36-26-24-34(29-44(36)32-15-5-2-6-16-32)46-39-19-9-11-21-41(39)47(42-22-12-10-20-40(42)46)35-25-27-38-43-28-23-33-17-7-8-18-37(33)48(43)49-45(38)30-35/h1-30H/i2D,5D,6D,7D,8D,15D,16D,17D,18D,23D,25D,27D,28D,30D. The number of fused-ring (bicyclic) bond motifs is 7. The predicted octanol–water partition coefficient (Wildman–Crippen LogP) is 13.7. The van der Waals surface area contributed by atoms with Gasteiger partial charge in [-0.05, 0) is 95.6 Å². The van der Waals surface area contributed by atoms with Crippen LogP contribution in [0.25, 0.3) is 98.8 Å². The van der Waals surface area contributed by atoms with Crippen molar-refractivity contribution in [2.45, 2.75) is 0 Å². The van der Waals surface area contributed by atoms with Crippen LogP contribution in [0, 0.1) is 0 Å². The lowest BCUT2D eigenvalue weighted by Crippen LogP contribution is -1.92. The molecule has 0 atom stereocenters. The van der Waals surface area contributed by atoms with E-state index in [9.17, 15) is 4.11 Å². The SMILES string of the molecule is [2H]c1c([2H])c([2H])c(-c2cc(-c3c4ccccc4c(-c4c([2H])c([2H])c5c(oc6c7c([2H])c([2H])c([2H])c([2H])c7c([2H])c([2H])c65)c4[2H])c4ccccc34)ccc2-c2ccccc2)c([2H])c1[2H]. The summed E-state index contributed by atoms with van der Waals surface area (Å²) in [5.41, 5.74) is 3.43. The Hall–Kier alpha value is -6.44. The van der Waals surface area contributed by atoms with Crippen LogP contribution in [0.5, 0.6) is 0 Å².